The van der Waals surface area contributed by atoms with Crippen LogP contribution >= 0.6 is 7.60 Å². The third-order valence-corrected chi connectivity index (χ3v) is 4.95. The van der Waals surface area contributed by atoms with Crippen LogP contribution in [0, 0.1) is 0 Å². The van der Waals surface area contributed by atoms with Crippen molar-refractivity contribution in [3.63, 3.8) is 0 Å². The number of benzene rings is 2. The Morgan fingerprint density at radius 1 is 0.815 bits per heavy atom. The van der Waals surface area contributed by atoms with Gasteiger partial charge in [0.05, 0.1) is 17.3 Å². The Labute approximate surface area is 157 Å². The van der Waals surface area contributed by atoms with Gasteiger partial charge < -0.3 is 9.47 Å². The zero-order valence-electron chi connectivity index (χ0n) is 14.5. The van der Waals surface area contributed by atoms with Gasteiger partial charge in [-0.2, -0.15) is 0 Å². The Hall–Kier alpha value is -2.73. The summed E-state index contributed by atoms with van der Waals surface area (Å²) in [7, 11) is -3.69. The minimum atomic E-state index is -3.69. The molecular formula is C19H19O7P. The van der Waals surface area contributed by atoms with Crippen LogP contribution in [0.5, 0.6) is 0 Å². The van der Waals surface area contributed by atoms with E-state index >= 15 is 0 Å². The first-order chi connectivity index (χ1) is 13.0. The molecule has 0 aliphatic heterocycles. The largest absolute Gasteiger partial charge is 0.434 e. The van der Waals surface area contributed by atoms with E-state index in [0.717, 1.165) is 0 Å². The highest BCUT2D eigenvalue weighted by Crippen LogP contribution is 2.48. The van der Waals surface area contributed by atoms with Gasteiger partial charge in [-0.3, -0.25) is 13.6 Å². The van der Waals surface area contributed by atoms with E-state index < -0.39 is 33.1 Å². The number of carbonyl (C=O) groups excluding carboxylic acids is 2. The van der Waals surface area contributed by atoms with Gasteiger partial charge >= 0.3 is 19.5 Å². The van der Waals surface area contributed by atoms with E-state index in [0.29, 0.717) is 11.1 Å². The lowest BCUT2D eigenvalue weighted by atomic mass is 10.2. The fourth-order valence-corrected chi connectivity index (χ4v) is 2.96. The summed E-state index contributed by atoms with van der Waals surface area (Å²) in [6.45, 7) is 2.32. The molecule has 0 saturated carbocycles. The van der Waals surface area contributed by atoms with E-state index in [-0.39, 0.29) is 6.16 Å². The standard InChI is InChI=1S/C19H19O7P/c1-2-13-27(22,25-14-23-18(20)16-9-5-3-6-10-16)26-15-24-19(21)17-11-7-4-8-12-17/h2-12H,1,13-15H2. The number of rotatable bonds is 10. The number of ether oxygens (including phenoxy) is 2. The molecule has 0 aromatic heterocycles. The summed E-state index contributed by atoms with van der Waals surface area (Å²) in [4.78, 5) is 23.7. The molecule has 27 heavy (non-hydrogen) atoms. The van der Waals surface area contributed by atoms with Gasteiger partial charge in [0.1, 0.15) is 0 Å². The average Bonchev–Trinajstić information content (AvgIpc) is 2.69. The Balaban J connectivity index is 1.81. The quantitative estimate of drug-likeness (QED) is 0.262. The lowest BCUT2D eigenvalue weighted by molar-refractivity contribution is -0.00708. The monoisotopic (exact) mass is 390 g/mol. The van der Waals surface area contributed by atoms with Crippen LogP contribution in [-0.2, 0) is 23.1 Å². The molecule has 0 radical (unpaired) electrons. The van der Waals surface area contributed by atoms with Crippen LogP contribution in [0.25, 0.3) is 0 Å². The summed E-state index contributed by atoms with van der Waals surface area (Å²) < 4.78 is 32.5. The molecule has 8 heteroatoms. The van der Waals surface area contributed by atoms with Crippen LogP contribution in [0.1, 0.15) is 20.7 Å². The number of allylic oxidation sites excluding steroid dienone is 1. The summed E-state index contributed by atoms with van der Waals surface area (Å²) >= 11 is 0. The van der Waals surface area contributed by atoms with Gasteiger partial charge in [0.2, 0.25) is 13.6 Å². The van der Waals surface area contributed by atoms with E-state index in [1.165, 1.54) is 6.08 Å². The second-order valence-electron chi connectivity index (χ2n) is 5.17. The van der Waals surface area contributed by atoms with Crippen molar-refractivity contribution in [3.05, 3.63) is 84.4 Å². The fourth-order valence-electron chi connectivity index (χ4n) is 1.94. The van der Waals surface area contributed by atoms with E-state index in [1.807, 2.05) is 0 Å². The Kier molecular flexibility index (Phi) is 7.95. The maximum absolute atomic E-state index is 12.6. The summed E-state index contributed by atoms with van der Waals surface area (Å²) in [6, 6.07) is 16.6. The number of hydrogen-bond donors (Lipinski definition) is 0. The van der Waals surface area contributed by atoms with Crippen LogP contribution in [0.2, 0.25) is 0 Å². The summed E-state index contributed by atoms with van der Waals surface area (Å²) in [5, 5.41) is 0. The maximum Gasteiger partial charge on any atom is 0.340 e. The topological polar surface area (TPSA) is 88.1 Å². The van der Waals surface area contributed by atoms with Gasteiger partial charge in [-0.05, 0) is 24.3 Å². The van der Waals surface area contributed by atoms with Gasteiger partial charge in [-0.15, -0.1) is 6.58 Å². The first-order valence-electron chi connectivity index (χ1n) is 7.97. The van der Waals surface area contributed by atoms with Gasteiger partial charge in [-0.25, -0.2) is 9.59 Å². The normalized spacial score (nSPS) is 10.8. The number of esters is 2. The molecule has 0 fully saturated rings. The highest BCUT2D eigenvalue weighted by Gasteiger charge is 2.25. The van der Waals surface area contributed by atoms with Gasteiger partial charge in [0.25, 0.3) is 0 Å². The van der Waals surface area contributed by atoms with E-state index in [4.69, 9.17) is 18.5 Å². The Bertz CT molecular complexity index is 744. The van der Waals surface area contributed by atoms with Crippen LogP contribution < -0.4 is 0 Å². The molecular weight excluding hydrogens is 371 g/mol. The third kappa shape index (κ3) is 6.83. The molecule has 0 unspecified atom stereocenters. The molecule has 0 N–H and O–H groups in total. The molecule has 0 spiro atoms. The van der Waals surface area contributed by atoms with Crippen molar-refractivity contribution in [2.45, 2.75) is 0 Å². The van der Waals surface area contributed by atoms with Crippen LogP contribution in [0.3, 0.4) is 0 Å². The molecule has 0 heterocycles. The molecule has 7 nitrogen and oxygen atoms in total. The third-order valence-electron chi connectivity index (χ3n) is 3.25. The minimum absolute atomic E-state index is 0.140. The summed E-state index contributed by atoms with van der Waals surface area (Å²) in [6.07, 6.45) is 1.19. The highest BCUT2D eigenvalue weighted by atomic mass is 31.2. The maximum atomic E-state index is 12.6. The highest BCUT2D eigenvalue weighted by molar-refractivity contribution is 7.54. The van der Waals surface area contributed by atoms with Crippen LogP contribution in [-0.4, -0.2) is 31.7 Å². The average molecular weight is 390 g/mol. The second-order valence-corrected chi connectivity index (χ2v) is 7.28. The molecule has 0 saturated heterocycles. The Morgan fingerprint density at radius 2 is 1.22 bits per heavy atom. The molecule has 2 rings (SSSR count). The van der Waals surface area contributed by atoms with E-state index in [2.05, 4.69) is 6.58 Å². The number of hydrogen-bond acceptors (Lipinski definition) is 7. The van der Waals surface area contributed by atoms with Crippen LogP contribution in [0.15, 0.2) is 73.3 Å². The molecule has 2 aromatic carbocycles. The first-order valence-corrected chi connectivity index (χ1v) is 9.70. The van der Waals surface area contributed by atoms with Crippen molar-refractivity contribution in [2.75, 3.05) is 19.7 Å². The molecule has 142 valence electrons. The molecule has 0 amide bonds. The zero-order chi connectivity index (χ0) is 19.5. The van der Waals surface area contributed by atoms with Gasteiger partial charge in [0.15, 0.2) is 0 Å². The van der Waals surface area contributed by atoms with Crippen molar-refractivity contribution < 1.29 is 32.7 Å². The molecule has 0 atom stereocenters. The SMILES string of the molecule is C=CCP(=O)(OCOC(=O)c1ccccc1)OCOC(=O)c1ccccc1. The Morgan fingerprint density at radius 3 is 1.59 bits per heavy atom. The smallest absolute Gasteiger partial charge is 0.340 e. The molecule has 0 aliphatic carbocycles. The van der Waals surface area contributed by atoms with Crippen molar-refractivity contribution >= 4 is 19.5 Å². The summed E-state index contributed by atoms with van der Waals surface area (Å²) in [5.74, 6) is -1.26. The molecule has 2 aromatic rings. The van der Waals surface area contributed by atoms with Crippen molar-refractivity contribution in [1.29, 1.82) is 0 Å². The van der Waals surface area contributed by atoms with Gasteiger partial charge in [-0.1, -0.05) is 42.5 Å². The predicted molar refractivity (Wildman–Crippen MR) is 98.3 cm³/mol. The minimum Gasteiger partial charge on any atom is -0.434 e. The van der Waals surface area contributed by atoms with E-state index in [9.17, 15) is 14.2 Å². The van der Waals surface area contributed by atoms with Crippen molar-refractivity contribution in [3.8, 4) is 0 Å². The zero-order valence-corrected chi connectivity index (χ0v) is 15.4. The summed E-state index contributed by atoms with van der Waals surface area (Å²) in [5.41, 5.74) is 0.662. The van der Waals surface area contributed by atoms with Crippen molar-refractivity contribution in [2.24, 2.45) is 0 Å². The molecule has 0 aliphatic rings. The molecule has 0 bridgehead atoms. The lowest BCUT2D eigenvalue weighted by Gasteiger charge is -2.17. The first kappa shape index (κ1) is 20.6. The second kappa shape index (κ2) is 10.4. The van der Waals surface area contributed by atoms with Gasteiger partial charge in [0, 0.05) is 0 Å². The number of carbonyl (C=O) groups is 2. The predicted octanol–water partition coefficient (Wildman–Crippen LogP) is 4.03. The lowest BCUT2D eigenvalue weighted by Crippen LogP contribution is -2.12. The van der Waals surface area contributed by atoms with Crippen LogP contribution in [0.4, 0.5) is 0 Å². The van der Waals surface area contributed by atoms with E-state index in [1.54, 1.807) is 60.7 Å². The van der Waals surface area contributed by atoms with Crippen molar-refractivity contribution in [1.82, 2.24) is 0 Å². The fraction of sp³-hybridized carbons (Fsp3) is 0.158.